The van der Waals surface area contributed by atoms with Gasteiger partial charge in [0.1, 0.15) is 0 Å². The number of carbonyl (C=O) groups is 1. The van der Waals surface area contributed by atoms with Crippen LogP contribution in [-0.2, 0) is 0 Å². The minimum absolute atomic E-state index is 0.117. The summed E-state index contributed by atoms with van der Waals surface area (Å²) in [5.41, 5.74) is 3.02. The summed E-state index contributed by atoms with van der Waals surface area (Å²) >= 11 is 0. The summed E-state index contributed by atoms with van der Waals surface area (Å²) in [6.45, 7) is 2.13. The van der Waals surface area contributed by atoms with Crippen molar-refractivity contribution in [3.63, 3.8) is 0 Å². The molecule has 3 rings (SSSR count). The maximum Gasteiger partial charge on any atom is 0.170 e. The molecule has 0 aliphatic heterocycles. The van der Waals surface area contributed by atoms with E-state index in [-0.39, 0.29) is 17.6 Å². The molecule has 2 atom stereocenters. The molecule has 0 aromatic heterocycles. The Morgan fingerprint density at radius 1 is 0.652 bits per heavy atom. The van der Waals surface area contributed by atoms with E-state index in [1.807, 2.05) is 78.9 Å². The zero-order valence-electron chi connectivity index (χ0n) is 13.2. The van der Waals surface area contributed by atoms with Crippen molar-refractivity contribution in [2.75, 3.05) is 0 Å². The van der Waals surface area contributed by atoms with Crippen molar-refractivity contribution in [2.45, 2.75) is 18.8 Å². The van der Waals surface area contributed by atoms with Crippen molar-refractivity contribution in [1.82, 2.24) is 0 Å². The fourth-order valence-corrected chi connectivity index (χ4v) is 3.06. The smallest absolute Gasteiger partial charge is 0.170 e. The Morgan fingerprint density at radius 2 is 1.09 bits per heavy atom. The maximum absolute atomic E-state index is 13.2. The van der Waals surface area contributed by atoms with E-state index in [9.17, 15) is 4.79 Å². The van der Waals surface area contributed by atoms with E-state index in [2.05, 4.69) is 19.1 Å². The van der Waals surface area contributed by atoms with Crippen LogP contribution >= 0.6 is 0 Å². The predicted molar refractivity (Wildman–Crippen MR) is 94.8 cm³/mol. The summed E-state index contributed by atoms with van der Waals surface area (Å²) in [6.07, 6.45) is 0. The second-order valence-corrected chi connectivity index (χ2v) is 5.82. The third kappa shape index (κ3) is 3.40. The van der Waals surface area contributed by atoms with E-state index >= 15 is 0 Å². The lowest BCUT2D eigenvalue weighted by Crippen LogP contribution is -2.19. The summed E-state index contributed by atoms with van der Waals surface area (Å²) in [5.74, 6) is 0.112. The van der Waals surface area contributed by atoms with Gasteiger partial charge in [-0.05, 0) is 17.0 Å². The Balaban J connectivity index is 2.03. The first-order valence-electron chi connectivity index (χ1n) is 7.96. The van der Waals surface area contributed by atoms with Crippen molar-refractivity contribution in [2.24, 2.45) is 0 Å². The largest absolute Gasteiger partial charge is 0.293 e. The van der Waals surface area contributed by atoms with E-state index in [0.29, 0.717) is 0 Å². The minimum Gasteiger partial charge on any atom is -0.293 e. The van der Waals surface area contributed by atoms with Gasteiger partial charge in [-0.3, -0.25) is 4.79 Å². The van der Waals surface area contributed by atoms with E-state index in [1.54, 1.807) is 0 Å². The molecule has 0 saturated heterocycles. The van der Waals surface area contributed by atoms with Gasteiger partial charge in [0.25, 0.3) is 0 Å². The first-order chi connectivity index (χ1) is 11.3. The van der Waals surface area contributed by atoms with Crippen LogP contribution in [-0.4, -0.2) is 5.78 Å². The van der Waals surface area contributed by atoms with Crippen LogP contribution in [0.2, 0.25) is 0 Å². The van der Waals surface area contributed by atoms with Crippen molar-refractivity contribution in [3.8, 4) is 0 Å². The summed E-state index contributed by atoms with van der Waals surface area (Å²) in [7, 11) is 0. The predicted octanol–water partition coefficient (Wildman–Crippen LogP) is 5.46. The van der Waals surface area contributed by atoms with Gasteiger partial charge >= 0.3 is 0 Å². The molecular weight excluding hydrogens is 280 g/mol. The topological polar surface area (TPSA) is 17.1 Å². The third-order valence-corrected chi connectivity index (χ3v) is 4.32. The highest BCUT2D eigenvalue weighted by Crippen LogP contribution is 2.35. The van der Waals surface area contributed by atoms with E-state index < -0.39 is 0 Å². The lowest BCUT2D eigenvalue weighted by atomic mass is 9.78. The number of hydrogen-bond donors (Lipinski definition) is 0. The Labute approximate surface area is 137 Å². The van der Waals surface area contributed by atoms with E-state index in [4.69, 9.17) is 0 Å². The molecule has 0 aliphatic carbocycles. The quantitative estimate of drug-likeness (QED) is 0.572. The number of hydrogen-bond acceptors (Lipinski definition) is 1. The lowest BCUT2D eigenvalue weighted by Gasteiger charge is -2.24. The Bertz CT molecular complexity index is 748. The molecule has 0 amide bonds. The number of ketones is 1. The van der Waals surface area contributed by atoms with Gasteiger partial charge in [0.2, 0.25) is 0 Å². The normalized spacial score (nSPS) is 13.3. The molecule has 3 aromatic rings. The molecule has 0 bridgehead atoms. The summed E-state index contributed by atoms with van der Waals surface area (Å²) in [5, 5.41) is 0. The zero-order valence-corrected chi connectivity index (χ0v) is 13.2. The van der Waals surface area contributed by atoms with Crippen molar-refractivity contribution in [1.29, 1.82) is 0 Å². The van der Waals surface area contributed by atoms with Crippen LogP contribution in [0.15, 0.2) is 91.0 Å². The van der Waals surface area contributed by atoms with Crippen LogP contribution in [0.3, 0.4) is 0 Å². The maximum atomic E-state index is 13.2. The molecule has 0 heterocycles. The Kier molecular flexibility index (Phi) is 4.68. The standard InChI is InChI=1S/C22H20O/c1-17(18-11-5-2-6-12-18)21(19-13-7-3-8-14-19)22(23)20-15-9-4-10-16-20/h2-17,21H,1H3/t17-,21+/m1/s1. The van der Waals surface area contributed by atoms with Crippen molar-refractivity contribution in [3.05, 3.63) is 108 Å². The van der Waals surface area contributed by atoms with Crippen LogP contribution in [0.4, 0.5) is 0 Å². The number of rotatable bonds is 5. The highest BCUT2D eigenvalue weighted by molar-refractivity contribution is 6.01. The second-order valence-electron chi connectivity index (χ2n) is 5.82. The highest BCUT2D eigenvalue weighted by Gasteiger charge is 2.28. The molecule has 1 heteroatoms. The molecule has 114 valence electrons. The fraction of sp³-hybridized carbons (Fsp3) is 0.136. The lowest BCUT2D eigenvalue weighted by molar-refractivity contribution is 0.0949. The fourth-order valence-electron chi connectivity index (χ4n) is 3.06. The SMILES string of the molecule is C[C@H](c1ccccc1)[C@H](C(=O)c1ccccc1)c1ccccc1. The van der Waals surface area contributed by atoms with Crippen LogP contribution in [0.25, 0.3) is 0 Å². The van der Waals surface area contributed by atoms with Crippen LogP contribution in [0.5, 0.6) is 0 Å². The second kappa shape index (κ2) is 7.06. The third-order valence-electron chi connectivity index (χ3n) is 4.32. The summed E-state index contributed by atoms with van der Waals surface area (Å²) < 4.78 is 0. The molecule has 1 nitrogen and oxygen atoms in total. The molecule has 0 saturated carbocycles. The van der Waals surface area contributed by atoms with E-state index in [0.717, 1.165) is 11.1 Å². The summed E-state index contributed by atoms with van der Waals surface area (Å²) in [4.78, 5) is 13.2. The van der Waals surface area contributed by atoms with Gasteiger partial charge in [0.05, 0.1) is 5.92 Å². The molecule has 23 heavy (non-hydrogen) atoms. The number of Topliss-reactive ketones (excluding diaryl/α,β-unsaturated/α-hetero) is 1. The van der Waals surface area contributed by atoms with Gasteiger partial charge in [-0.2, -0.15) is 0 Å². The number of benzene rings is 3. The first-order valence-corrected chi connectivity index (χ1v) is 7.96. The molecule has 0 aliphatic rings. The zero-order chi connectivity index (χ0) is 16.1. The van der Waals surface area contributed by atoms with E-state index in [1.165, 1.54) is 5.56 Å². The number of carbonyl (C=O) groups excluding carboxylic acids is 1. The van der Waals surface area contributed by atoms with Crippen LogP contribution in [0.1, 0.15) is 40.2 Å². The molecule has 0 fully saturated rings. The minimum atomic E-state index is -0.180. The summed E-state index contributed by atoms with van der Waals surface area (Å²) in [6, 6.07) is 29.9. The van der Waals surface area contributed by atoms with Gasteiger partial charge in [-0.15, -0.1) is 0 Å². The molecule has 0 radical (unpaired) electrons. The Morgan fingerprint density at radius 3 is 1.61 bits per heavy atom. The molecule has 0 N–H and O–H groups in total. The van der Waals surface area contributed by atoms with Gasteiger partial charge in [0.15, 0.2) is 5.78 Å². The molecule has 0 unspecified atom stereocenters. The average molecular weight is 300 g/mol. The monoisotopic (exact) mass is 300 g/mol. The highest BCUT2D eigenvalue weighted by atomic mass is 16.1. The molecular formula is C22H20O. The van der Waals surface area contributed by atoms with Gasteiger partial charge in [-0.1, -0.05) is 97.9 Å². The van der Waals surface area contributed by atoms with Crippen LogP contribution < -0.4 is 0 Å². The van der Waals surface area contributed by atoms with Gasteiger partial charge < -0.3 is 0 Å². The van der Waals surface area contributed by atoms with Gasteiger partial charge in [-0.25, -0.2) is 0 Å². The van der Waals surface area contributed by atoms with Crippen molar-refractivity contribution >= 4 is 5.78 Å². The van der Waals surface area contributed by atoms with Crippen molar-refractivity contribution < 1.29 is 4.79 Å². The Hall–Kier alpha value is -2.67. The average Bonchev–Trinajstić information content (AvgIpc) is 2.64. The molecule has 0 spiro atoms. The van der Waals surface area contributed by atoms with Gasteiger partial charge in [0, 0.05) is 5.56 Å². The van der Waals surface area contributed by atoms with Crippen LogP contribution in [0, 0.1) is 0 Å². The molecule has 3 aromatic carbocycles. The first kappa shape index (κ1) is 15.2.